The molecule has 1 aromatic rings. The number of thiazole rings is 1. The Labute approximate surface area is 112 Å². The summed E-state index contributed by atoms with van der Waals surface area (Å²) in [4.78, 5) is 4.29. The van der Waals surface area contributed by atoms with Gasteiger partial charge in [0.2, 0.25) is 0 Å². The highest BCUT2D eigenvalue weighted by Crippen LogP contribution is 2.26. The first-order valence-electron chi connectivity index (χ1n) is 5.83. The summed E-state index contributed by atoms with van der Waals surface area (Å²) in [7, 11) is 1.66. The lowest BCUT2D eigenvalue weighted by molar-refractivity contribution is -0.176. The number of nitrogens with one attached hydrogen (secondary N) is 1. The Hall–Kier alpha value is -0.700. The molecule has 0 bridgehead atoms. The number of rotatable bonds is 5. The Balaban J connectivity index is 1.82. The number of alkyl halides is 3. The van der Waals surface area contributed by atoms with E-state index in [0.29, 0.717) is 5.01 Å². The first kappa shape index (κ1) is 14.7. The second-order valence-electron chi connectivity index (χ2n) is 4.33. The predicted molar refractivity (Wildman–Crippen MR) is 64.0 cm³/mol. The molecule has 1 N–H and O–H groups in total. The molecule has 2 heterocycles. The van der Waals surface area contributed by atoms with Crippen LogP contribution in [0.2, 0.25) is 0 Å². The number of halogens is 3. The zero-order valence-electron chi connectivity index (χ0n) is 10.4. The van der Waals surface area contributed by atoms with Crippen LogP contribution in [0.25, 0.3) is 0 Å². The molecular weight excluding hydrogens is 281 g/mol. The average molecular weight is 296 g/mol. The van der Waals surface area contributed by atoms with Gasteiger partial charge in [-0.2, -0.15) is 13.2 Å². The molecule has 1 aliphatic heterocycles. The SMILES string of the molecule is COC1CNC(c2csc(COCC(F)(F)F)n2)C1. The van der Waals surface area contributed by atoms with Crippen molar-refractivity contribution in [1.29, 1.82) is 0 Å². The third-order valence-electron chi connectivity index (χ3n) is 2.84. The quantitative estimate of drug-likeness (QED) is 0.905. The zero-order chi connectivity index (χ0) is 13.9. The Morgan fingerprint density at radius 1 is 1.53 bits per heavy atom. The van der Waals surface area contributed by atoms with Gasteiger partial charge in [-0.05, 0) is 6.42 Å². The van der Waals surface area contributed by atoms with Crippen molar-refractivity contribution in [2.45, 2.75) is 31.3 Å². The van der Waals surface area contributed by atoms with Gasteiger partial charge in [-0.25, -0.2) is 4.98 Å². The lowest BCUT2D eigenvalue weighted by atomic mass is 10.1. The second-order valence-corrected chi connectivity index (χ2v) is 5.27. The molecule has 1 aromatic heterocycles. The lowest BCUT2D eigenvalue weighted by Crippen LogP contribution is -2.17. The van der Waals surface area contributed by atoms with Gasteiger partial charge in [0.1, 0.15) is 11.6 Å². The summed E-state index contributed by atoms with van der Waals surface area (Å²) in [6.45, 7) is -0.585. The lowest BCUT2D eigenvalue weighted by Gasteiger charge is -2.07. The van der Waals surface area contributed by atoms with Crippen molar-refractivity contribution in [3.63, 3.8) is 0 Å². The molecule has 1 fully saturated rings. The highest BCUT2D eigenvalue weighted by molar-refractivity contribution is 7.09. The van der Waals surface area contributed by atoms with Gasteiger partial charge in [0.15, 0.2) is 0 Å². The second kappa shape index (κ2) is 6.17. The van der Waals surface area contributed by atoms with Crippen LogP contribution in [0.15, 0.2) is 5.38 Å². The fourth-order valence-corrected chi connectivity index (χ4v) is 2.70. The monoisotopic (exact) mass is 296 g/mol. The summed E-state index contributed by atoms with van der Waals surface area (Å²) in [6, 6.07) is 0.109. The number of methoxy groups -OCH3 is 1. The molecular formula is C11H15F3N2O2S. The highest BCUT2D eigenvalue weighted by atomic mass is 32.1. The van der Waals surface area contributed by atoms with Gasteiger partial charge in [0.05, 0.1) is 24.4 Å². The van der Waals surface area contributed by atoms with Crippen LogP contribution in [-0.4, -0.2) is 37.5 Å². The Kier molecular flexibility index (Phi) is 4.77. The van der Waals surface area contributed by atoms with Gasteiger partial charge in [-0.3, -0.25) is 0 Å². The van der Waals surface area contributed by atoms with E-state index in [1.54, 1.807) is 7.11 Å². The molecule has 19 heavy (non-hydrogen) atoms. The molecule has 0 radical (unpaired) electrons. The summed E-state index contributed by atoms with van der Waals surface area (Å²) in [6.07, 6.45) is -3.31. The number of aromatic nitrogens is 1. The molecule has 1 saturated heterocycles. The molecule has 0 aliphatic carbocycles. The normalized spacial score (nSPS) is 24.0. The van der Waals surface area contributed by atoms with Crippen molar-refractivity contribution in [1.82, 2.24) is 10.3 Å². The van der Waals surface area contributed by atoms with Crippen molar-refractivity contribution in [3.05, 3.63) is 16.1 Å². The first-order valence-corrected chi connectivity index (χ1v) is 6.71. The van der Waals surface area contributed by atoms with Gasteiger partial charge in [-0.15, -0.1) is 11.3 Å². The standard InChI is InChI=1S/C11H15F3N2O2S/c1-17-7-2-8(15-3-7)9-5-19-10(16-9)4-18-6-11(12,13)14/h5,7-8,15H,2-4,6H2,1H3. The van der Waals surface area contributed by atoms with Crippen molar-refractivity contribution >= 4 is 11.3 Å². The van der Waals surface area contributed by atoms with Crippen molar-refractivity contribution < 1.29 is 22.6 Å². The minimum atomic E-state index is -4.29. The van der Waals surface area contributed by atoms with Crippen LogP contribution >= 0.6 is 11.3 Å². The van der Waals surface area contributed by atoms with Crippen LogP contribution in [0.4, 0.5) is 13.2 Å². The number of ether oxygens (including phenoxy) is 2. The Morgan fingerprint density at radius 2 is 2.32 bits per heavy atom. The summed E-state index contributed by atoms with van der Waals surface area (Å²) in [5.41, 5.74) is 0.843. The topological polar surface area (TPSA) is 43.4 Å². The maximum absolute atomic E-state index is 11.9. The van der Waals surface area contributed by atoms with E-state index in [2.05, 4.69) is 15.0 Å². The predicted octanol–water partition coefficient (Wildman–Crippen LogP) is 2.27. The molecule has 8 heteroatoms. The minimum Gasteiger partial charge on any atom is -0.380 e. The molecule has 2 unspecified atom stereocenters. The largest absolute Gasteiger partial charge is 0.411 e. The van der Waals surface area contributed by atoms with Crippen LogP contribution in [-0.2, 0) is 16.1 Å². The fraction of sp³-hybridized carbons (Fsp3) is 0.727. The third kappa shape index (κ3) is 4.41. The van der Waals surface area contributed by atoms with Gasteiger partial charge < -0.3 is 14.8 Å². The van der Waals surface area contributed by atoms with Gasteiger partial charge in [-0.1, -0.05) is 0 Å². The van der Waals surface area contributed by atoms with E-state index in [-0.39, 0.29) is 18.8 Å². The van der Waals surface area contributed by atoms with Crippen LogP contribution < -0.4 is 5.32 Å². The van der Waals surface area contributed by atoms with E-state index >= 15 is 0 Å². The van der Waals surface area contributed by atoms with Crippen molar-refractivity contribution in [3.8, 4) is 0 Å². The molecule has 0 saturated carbocycles. The van der Waals surface area contributed by atoms with E-state index in [0.717, 1.165) is 18.7 Å². The van der Waals surface area contributed by atoms with E-state index in [1.165, 1.54) is 11.3 Å². The molecule has 4 nitrogen and oxygen atoms in total. The smallest absolute Gasteiger partial charge is 0.380 e. The zero-order valence-corrected chi connectivity index (χ0v) is 11.2. The minimum absolute atomic E-state index is 0.107. The Morgan fingerprint density at radius 3 is 2.95 bits per heavy atom. The molecule has 0 aromatic carbocycles. The molecule has 2 rings (SSSR count). The molecule has 0 spiro atoms. The first-order chi connectivity index (χ1) is 8.98. The highest BCUT2D eigenvalue weighted by Gasteiger charge is 2.28. The Bertz CT molecular complexity index is 411. The third-order valence-corrected chi connectivity index (χ3v) is 3.68. The molecule has 1 aliphatic rings. The number of hydrogen-bond acceptors (Lipinski definition) is 5. The summed E-state index contributed by atoms with van der Waals surface area (Å²) in [5, 5.41) is 5.67. The maximum Gasteiger partial charge on any atom is 0.411 e. The van der Waals surface area contributed by atoms with Crippen molar-refractivity contribution in [2.24, 2.45) is 0 Å². The van der Waals surface area contributed by atoms with Crippen LogP contribution in [0.3, 0.4) is 0 Å². The van der Waals surface area contributed by atoms with Gasteiger partial charge >= 0.3 is 6.18 Å². The molecule has 0 amide bonds. The van der Waals surface area contributed by atoms with E-state index in [1.807, 2.05) is 5.38 Å². The number of nitrogens with zero attached hydrogens (tertiary/aromatic N) is 1. The van der Waals surface area contributed by atoms with Crippen molar-refractivity contribution in [2.75, 3.05) is 20.3 Å². The fourth-order valence-electron chi connectivity index (χ4n) is 1.91. The average Bonchev–Trinajstić information content (AvgIpc) is 2.94. The summed E-state index contributed by atoms with van der Waals surface area (Å²) < 4.78 is 45.6. The van der Waals surface area contributed by atoms with Crippen LogP contribution in [0.1, 0.15) is 23.2 Å². The van der Waals surface area contributed by atoms with E-state index < -0.39 is 12.8 Å². The van der Waals surface area contributed by atoms with E-state index in [4.69, 9.17) is 4.74 Å². The van der Waals surface area contributed by atoms with E-state index in [9.17, 15) is 13.2 Å². The summed E-state index contributed by atoms with van der Waals surface area (Å²) in [5.74, 6) is 0. The number of hydrogen-bond donors (Lipinski definition) is 1. The van der Waals surface area contributed by atoms with Gasteiger partial charge in [0, 0.05) is 19.0 Å². The van der Waals surface area contributed by atoms with Crippen LogP contribution in [0, 0.1) is 0 Å². The summed E-state index contributed by atoms with van der Waals surface area (Å²) >= 11 is 1.31. The van der Waals surface area contributed by atoms with Crippen LogP contribution in [0.5, 0.6) is 0 Å². The molecule has 2 atom stereocenters. The molecule has 108 valence electrons. The maximum atomic E-state index is 11.9. The van der Waals surface area contributed by atoms with Gasteiger partial charge in [0.25, 0.3) is 0 Å².